The Morgan fingerprint density at radius 1 is 1.29 bits per heavy atom. The van der Waals surface area contributed by atoms with Gasteiger partial charge in [0, 0.05) is 12.5 Å². The summed E-state index contributed by atoms with van der Waals surface area (Å²) in [6.45, 7) is 2.60. The molecule has 0 bridgehead atoms. The van der Waals surface area contributed by atoms with E-state index in [4.69, 9.17) is 9.63 Å². The number of nitrogens with one attached hydrogen (secondary N) is 1. The molecular formula is C18H23N3O3. The summed E-state index contributed by atoms with van der Waals surface area (Å²) in [5, 5.41) is 16.4. The van der Waals surface area contributed by atoms with Gasteiger partial charge in [-0.2, -0.15) is 4.98 Å². The maximum Gasteiger partial charge on any atom is 0.335 e. The Morgan fingerprint density at radius 3 is 2.67 bits per heavy atom. The van der Waals surface area contributed by atoms with Crippen molar-refractivity contribution in [1.29, 1.82) is 0 Å². The molecule has 1 unspecified atom stereocenters. The Kier molecular flexibility index (Phi) is 5.25. The number of aromatic carboxylic acids is 1. The van der Waals surface area contributed by atoms with Crippen molar-refractivity contribution in [3.63, 3.8) is 0 Å². The molecule has 1 atom stereocenters. The van der Waals surface area contributed by atoms with E-state index in [1.165, 1.54) is 19.3 Å². The van der Waals surface area contributed by atoms with E-state index in [2.05, 4.69) is 15.5 Å². The number of benzene rings is 1. The highest BCUT2D eigenvalue weighted by Crippen LogP contribution is 2.31. The molecule has 0 amide bonds. The molecule has 128 valence electrons. The van der Waals surface area contributed by atoms with Crippen LogP contribution in [-0.2, 0) is 6.54 Å². The van der Waals surface area contributed by atoms with Crippen molar-refractivity contribution in [2.24, 2.45) is 0 Å². The van der Waals surface area contributed by atoms with Crippen molar-refractivity contribution in [2.45, 2.75) is 57.5 Å². The monoisotopic (exact) mass is 329 g/mol. The fourth-order valence-corrected chi connectivity index (χ4v) is 3.07. The van der Waals surface area contributed by atoms with E-state index in [1.807, 2.05) is 19.1 Å². The number of hydrogen-bond donors (Lipinski definition) is 2. The summed E-state index contributed by atoms with van der Waals surface area (Å²) in [5.74, 6) is 0.970. The first-order valence-electron chi connectivity index (χ1n) is 8.52. The number of hydrogen-bond acceptors (Lipinski definition) is 5. The topological polar surface area (TPSA) is 88.2 Å². The first-order valence-corrected chi connectivity index (χ1v) is 8.52. The van der Waals surface area contributed by atoms with Gasteiger partial charge in [-0.15, -0.1) is 0 Å². The highest BCUT2D eigenvalue weighted by molar-refractivity contribution is 5.87. The van der Waals surface area contributed by atoms with E-state index in [0.29, 0.717) is 23.9 Å². The normalized spacial score (nSPS) is 16.9. The lowest BCUT2D eigenvalue weighted by atomic mass is 9.89. The molecule has 0 aliphatic heterocycles. The summed E-state index contributed by atoms with van der Waals surface area (Å²) < 4.78 is 5.42. The standard InChI is InChI=1S/C18H23N3O3/c1-12(19-11-13-7-9-15(10-8-13)18(22)23)17-20-16(21-24-17)14-5-3-2-4-6-14/h7-10,12,14,19H,2-6,11H2,1H3,(H,22,23). The van der Waals surface area contributed by atoms with Crippen LogP contribution in [0.1, 0.15) is 78.6 Å². The van der Waals surface area contributed by atoms with E-state index in [9.17, 15) is 4.79 Å². The third-order valence-electron chi connectivity index (χ3n) is 4.61. The summed E-state index contributed by atoms with van der Waals surface area (Å²) in [5.41, 5.74) is 1.31. The lowest BCUT2D eigenvalue weighted by Crippen LogP contribution is -2.18. The van der Waals surface area contributed by atoms with Crippen LogP contribution >= 0.6 is 0 Å². The number of carbonyl (C=O) groups is 1. The Labute approximate surface area is 141 Å². The molecule has 0 saturated heterocycles. The highest BCUT2D eigenvalue weighted by atomic mass is 16.5. The highest BCUT2D eigenvalue weighted by Gasteiger charge is 2.22. The molecule has 0 radical (unpaired) electrons. The molecule has 3 rings (SSSR count). The lowest BCUT2D eigenvalue weighted by molar-refractivity contribution is 0.0697. The predicted octanol–water partition coefficient (Wildman–Crippen LogP) is 3.67. The van der Waals surface area contributed by atoms with Crippen LogP contribution in [0.3, 0.4) is 0 Å². The third-order valence-corrected chi connectivity index (χ3v) is 4.61. The maximum absolute atomic E-state index is 10.9. The van der Waals surface area contributed by atoms with E-state index in [-0.39, 0.29) is 6.04 Å². The molecule has 2 N–H and O–H groups in total. The molecule has 1 fully saturated rings. The van der Waals surface area contributed by atoms with Crippen molar-refractivity contribution in [2.75, 3.05) is 0 Å². The van der Waals surface area contributed by atoms with Crippen LogP contribution in [0.15, 0.2) is 28.8 Å². The molecule has 1 aromatic carbocycles. The van der Waals surface area contributed by atoms with Crippen LogP contribution < -0.4 is 5.32 Å². The van der Waals surface area contributed by atoms with Crippen LogP contribution in [0.4, 0.5) is 0 Å². The second-order valence-electron chi connectivity index (χ2n) is 6.43. The number of rotatable bonds is 6. The molecule has 2 aromatic rings. The fraction of sp³-hybridized carbons (Fsp3) is 0.500. The molecule has 1 saturated carbocycles. The van der Waals surface area contributed by atoms with Gasteiger partial charge >= 0.3 is 5.97 Å². The van der Waals surface area contributed by atoms with Gasteiger partial charge in [-0.05, 0) is 37.5 Å². The van der Waals surface area contributed by atoms with Gasteiger partial charge in [0.1, 0.15) is 0 Å². The van der Waals surface area contributed by atoms with Crippen molar-refractivity contribution >= 4 is 5.97 Å². The number of aromatic nitrogens is 2. The van der Waals surface area contributed by atoms with Crippen LogP contribution in [0.2, 0.25) is 0 Å². The summed E-state index contributed by atoms with van der Waals surface area (Å²) in [6.07, 6.45) is 6.09. The lowest BCUT2D eigenvalue weighted by Gasteiger charge is -2.17. The van der Waals surface area contributed by atoms with Crippen LogP contribution in [0, 0.1) is 0 Å². The average molecular weight is 329 g/mol. The number of nitrogens with zero attached hydrogens (tertiary/aromatic N) is 2. The van der Waals surface area contributed by atoms with Gasteiger partial charge < -0.3 is 14.9 Å². The van der Waals surface area contributed by atoms with Gasteiger partial charge in [-0.25, -0.2) is 4.79 Å². The van der Waals surface area contributed by atoms with Gasteiger partial charge in [0.2, 0.25) is 5.89 Å². The van der Waals surface area contributed by atoms with Crippen LogP contribution in [0.25, 0.3) is 0 Å². The zero-order valence-electron chi connectivity index (χ0n) is 13.9. The molecule has 1 heterocycles. The van der Waals surface area contributed by atoms with Gasteiger partial charge in [-0.1, -0.05) is 36.6 Å². The Hall–Kier alpha value is -2.21. The molecule has 6 heteroatoms. The minimum atomic E-state index is -0.913. The van der Waals surface area contributed by atoms with E-state index < -0.39 is 5.97 Å². The summed E-state index contributed by atoms with van der Waals surface area (Å²) in [6, 6.07) is 6.79. The quantitative estimate of drug-likeness (QED) is 0.840. The van der Waals surface area contributed by atoms with Crippen molar-refractivity contribution in [3.05, 3.63) is 47.1 Å². The number of carboxylic acid groups (broad SMARTS) is 1. The Bertz CT molecular complexity index is 675. The summed E-state index contributed by atoms with van der Waals surface area (Å²) in [7, 11) is 0. The molecule has 6 nitrogen and oxygen atoms in total. The summed E-state index contributed by atoms with van der Waals surface area (Å²) in [4.78, 5) is 15.4. The van der Waals surface area contributed by atoms with Crippen LogP contribution in [-0.4, -0.2) is 21.2 Å². The van der Waals surface area contributed by atoms with Crippen LogP contribution in [0.5, 0.6) is 0 Å². The molecule has 1 aromatic heterocycles. The second kappa shape index (κ2) is 7.57. The van der Waals surface area contributed by atoms with Gasteiger partial charge in [0.15, 0.2) is 5.82 Å². The first-order chi connectivity index (χ1) is 11.6. The van der Waals surface area contributed by atoms with E-state index in [0.717, 1.165) is 24.2 Å². The van der Waals surface area contributed by atoms with Crippen molar-refractivity contribution in [1.82, 2.24) is 15.5 Å². The van der Waals surface area contributed by atoms with E-state index in [1.54, 1.807) is 12.1 Å². The first kappa shape index (κ1) is 16.6. The number of carboxylic acids is 1. The largest absolute Gasteiger partial charge is 0.478 e. The van der Waals surface area contributed by atoms with Crippen molar-refractivity contribution < 1.29 is 14.4 Å². The average Bonchev–Trinajstić information content (AvgIpc) is 3.11. The predicted molar refractivity (Wildman–Crippen MR) is 88.8 cm³/mol. The minimum absolute atomic E-state index is 0.0472. The smallest absolute Gasteiger partial charge is 0.335 e. The minimum Gasteiger partial charge on any atom is -0.478 e. The second-order valence-corrected chi connectivity index (χ2v) is 6.43. The third kappa shape index (κ3) is 4.00. The Balaban J connectivity index is 1.55. The molecule has 0 spiro atoms. The molecule has 1 aliphatic carbocycles. The molecule has 24 heavy (non-hydrogen) atoms. The van der Waals surface area contributed by atoms with Gasteiger partial charge in [0.25, 0.3) is 0 Å². The fourth-order valence-electron chi connectivity index (χ4n) is 3.07. The van der Waals surface area contributed by atoms with Gasteiger partial charge in [0.05, 0.1) is 11.6 Å². The SMILES string of the molecule is CC(NCc1ccc(C(=O)O)cc1)c1nc(C2CCCCC2)no1. The summed E-state index contributed by atoms with van der Waals surface area (Å²) >= 11 is 0. The maximum atomic E-state index is 10.9. The van der Waals surface area contributed by atoms with Crippen molar-refractivity contribution in [3.8, 4) is 0 Å². The van der Waals surface area contributed by atoms with Gasteiger partial charge in [-0.3, -0.25) is 0 Å². The zero-order valence-corrected chi connectivity index (χ0v) is 13.9. The van der Waals surface area contributed by atoms with E-state index >= 15 is 0 Å². The zero-order chi connectivity index (χ0) is 16.9. The molecule has 1 aliphatic rings. The molecular weight excluding hydrogens is 306 g/mol. The Morgan fingerprint density at radius 2 is 2.00 bits per heavy atom.